The predicted molar refractivity (Wildman–Crippen MR) is 139 cm³/mol. The topological polar surface area (TPSA) is 76.0 Å². The lowest BCUT2D eigenvalue weighted by Gasteiger charge is -2.27. The average molecular weight is 490 g/mol. The van der Waals surface area contributed by atoms with Crippen molar-refractivity contribution in [3.63, 3.8) is 0 Å². The number of ether oxygens (including phenoxy) is 1. The summed E-state index contributed by atoms with van der Waals surface area (Å²) in [7, 11) is 0. The number of hydrogen-bond donors (Lipinski definition) is 1. The van der Waals surface area contributed by atoms with Crippen LogP contribution in [0.2, 0.25) is 0 Å². The molecule has 2 aromatic heterocycles. The van der Waals surface area contributed by atoms with E-state index in [1.807, 2.05) is 41.4 Å². The molecule has 1 aliphatic heterocycles. The van der Waals surface area contributed by atoms with Gasteiger partial charge in [-0.05, 0) is 38.3 Å². The van der Waals surface area contributed by atoms with Crippen molar-refractivity contribution in [3.05, 3.63) is 66.4 Å². The van der Waals surface area contributed by atoms with Crippen LogP contribution < -0.4 is 0 Å². The van der Waals surface area contributed by atoms with Gasteiger partial charge >= 0.3 is 0 Å². The Labute approximate surface area is 209 Å². The van der Waals surface area contributed by atoms with E-state index in [2.05, 4.69) is 57.9 Å². The number of benzene rings is 2. The van der Waals surface area contributed by atoms with E-state index in [0.29, 0.717) is 18.8 Å². The molecule has 5 rings (SSSR count). The lowest BCUT2D eigenvalue weighted by atomic mass is 10.1. The first-order valence-electron chi connectivity index (χ1n) is 12.2. The summed E-state index contributed by atoms with van der Waals surface area (Å²) in [5.41, 5.74) is 3.20. The number of carbonyl (C=O) groups excluding carboxylic acids is 1. The van der Waals surface area contributed by atoms with Crippen molar-refractivity contribution in [1.29, 1.82) is 0 Å². The number of nitrogens with one attached hydrogen (secondary N) is 1. The van der Waals surface area contributed by atoms with Crippen LogP contribution in [-0.4, -0.2) is 55.1 Å². The van der Waals surface area contributed by atoms with Gasteiger partial charge < -0.3 is 14.6 Å². The normalized spacial score (nSPS) is 15.8. The number of fused-ring (bicyclic) bond motifs is 1. The van der Waals surface area contributed by atoms with Crippen molar-refractivity contribution < 1.29 is 9.53 Å². The Kier molecular flexibility index (Phi) is 7.20. The van der Waals surface area contributed by atoms with Gasteiger partial charge in [-0.15, -0.1) is 10.2 Å². The van der Waals surface area contributed by atoms with Gasteiger partial charge in [-0.2, -0.15) is 0 Å². The molecular formula is C27H31N5O2S. The molecule has 0 saturated carbocycles. The van der Waals surface area contributed by atoms with Crippen LogP contribution in [0.4, 0.5) is 0 Å². The van der Waals surface area contributed by atoms with Gasteiger partial charge in [0.05, 0.1) is 18.4 Å². The van der Waals surface area contributed by atoms with E-state index in [9.17, 15) is 4.79 Å². The minimum Gasteiger partial charge on any atom is -0.376 e. The average Bonchev–Trinajstić information content (AvgIpc) is 3.62. The SMILES string of the molecule is CC(C)N(Cc1ccccc1)C(=O)CSc1nnc(-c2c[nH]c3ccccc23)n1CC1CCCO1. The van der Waals surface area contributed by atoms with Gasteiger partial charge in [0.25, 0.3) is 0 Å². The van der Waals surface area contributed by atoms with E-state index in [4.69, 9.17) is 4.74 Å². The van der Waals surface area contributed by atoms with Crippen molar-refractivity contribution in [1.82, 2.24) is 24.6 Å². The maximum absolute atomic E-state index is 13.2. The van der Waals surface area contributed by atoms with Gasteiger partial charge in [0, 0.05) is 41.9 Å². The Morgan fingerprint density at radius 1 is 1.17 bits per heavy atom. The lowest BCUT2D eigenvalue weighted by Crippen LogP contribution is -2.37. The quantitative estimate of drug-likeness (QED) is 0.330. The van der Waals surface area contributed by atoms with E-state index >= 15 is 0 Å². The number of carbonyl (C=O) groups is 1. The molecule has 182 valence electrons. The standard InChI is InChI=1S/C27H31N5O2S/c1-19(2)31(16-20-9-4-3-5-10-20)25(33)18-35-27-30-29-26(32(27)17-21-11-8-14-34-21)23-15-28-24-13-7-6-12-22(23)24/h3-7,9-10,12-13,15,19,21,28H,8,11,14,16-18H2,1-2H3. The summed E-state index contributed by atoms with van der Waals surface area (Å²) in [6, 6.07) is 18.4. The van der Waals surface area contributed by atoms with E-state index in [1.54, 1.807) is 0 Å². The van der Waals surface area contributed by atoms with E-state index in [0.717, 1.165) is 52.5 Å². The minimum absolute atomic E-state index is 0.0918. The van der Waals surface area contributed by atoms with Gasteiger partial charge in [-0.25, -0.2) is 0 Å². The number of rotatable bonds is 9. The summed E-state index contributed by atoms with van der Waals surface area (Å²) in [6.45, 7) is 6.18. The number of aromatic amines is 1. The molecule has 1 atom stereocenters. The van der Waals surface area contributed by atoms with Crippen LogP contribution >= 0.6 is 11.8 Å². The Balaban J connectivity index is 1.38. The monoisotopic (exact) mass is 489 g/mol. The van der Waals surface area contributed by atoms with Crippen LogP contribution in [0.15, 0.2) is 66.0 Å². The molecule has 0 bridgehead atoms. The zero-order chi connectivity index (χ0) is 24.2. The fraction of sp³-hybridized carbons (Fsp3) is 0.370. The Hall–Kier alpha value is -3.10. The molecule has 1 amide bonds. The predicted octanol–water partition coefficient (Wildman–Crippen LogP) is 5.13. The highest BCUT2D eigenvalue weighted by molar-refractivity contribution is 7.99. The third kappa shape index (κ3) is 5.28. The highest BCUT2D eigenvalue weighted by atomic mass is 32.2. The van der Waals surface area contributed by atoms with Crippen molar-refractivity contribution in [2.24, 2.45) is 0 Å². The van der Waals surface area contributed by atoms with Crippen LogP contribution in [-0.2, 0) is 22.6 Å². The maximum Gasteiger partial charge on any atom is 0.233 e. The molecule has 8 heteroatoms. The molecule has 1 saturated heterocycles. The van der Waals surface area contributed by atoms with Crippen molar-refractivity contribution in [2.75, 3.05) is 12.4 Å². The molecular weight excluding hydrogens is 458 g/mol. The molecule has 1 N–H and O–H groups in total. The minimum atomic E-state index is 0.0918. The number of H-pyrrole nitrogens is 1. The fourth-order valence-corrected chi connectivity index (χ4v) is 5.39. The number of para-hydroxylation sites is 1. The van der Waals surface area contributed by atoms with Gasteiger partial charge in [-0.3, -0.25) is 9.36 Å². The van der Waals surface area contributed by atoms with Gasteiger partial charge in [0.2, 0.25) is 5.91 Å². The summed E-state index contributed by atoms with van der Waals surface area (Å²) in [5, 5.41) is 10.9. The zero-order valence-corrected chi connectivity index (χ0v) is 21.0. The number of thioether (sulfide) groups is 1. The highest BCUT2D eigenvalue weighted by Gasteiger charge is 2.25. The highest BCUT2D eigenvalue weighted by Crippen LogP contribution is 2.31. The van der Waals surface area contributed by atoms with E-state index in [-0.39, 0.29) is 18.1 Å². The van der Waals surface area contributed by atoms with E-state index < -0.39 is 0 Å². The van der Waals surface area contributed by atoms with Crippen LogP contribution in [0.3, 0.4) is 0 Å². The van der Waals surface area contributed by atoms with Crippen LogP contribution in [0.25, 0.3) is 22.3 Å². The molecule has 4 aromatic rings. The second-order valence-corrected chi connectivity index (χ2v) is 10.1. The number of nitrogens with zero attached hydrogens (tertiary/aromatic N) is 4. The first-order valence-corrected chi connectivity index (χ1v) is 13.2. The summed E-state index contributed by atoms with van der Waals surface area (Å²) >= 11 is 1.45. The summed E-state index contributed by atoms with van der Waals surface area (Å²) < 4.78 is 8.06. The smallest absolute Gasteiger partial charge is 0.233 e. The van der Waals surface area contributed by atoms with Crippen LogP contribution in [0, 0.1) is 0 Å². The van der Waals surface area contributed by atoms with Gasteiger partial charge in [-0.1, -0.05) is 60.3 Å². The molecule has 0 radical (unpaired) electrons. The molecule has 3 heterocycles. The second-order valence-electron chi connectivity index (χ2n) is 9.19. The van der Waals surface area contributed by atoms with Crippen LogP contribution in [0.5, 0.6) is 0 Å². The summed E-state index contributed by atoms with van der Waals surface area (Å²) in [4.78, 5) is 18.5. The first-order chi connectivity index (χ1) is 17.1. The number of amides is 1. The summed E-state index contributed by atoms with van der Waals surface area (Å²) in [6.07, 6.45) is 4.21. The Morgan fingerprint density at radius 3 is 2.74 bits per heavy atom. The fourth-order valence-electron chi connectivity index (χ4n) is 4.56. The molecule has 0 aliphatic carbocycles. The third-order valence-electron chi connectivity index (χ3n) is 6.42. The zero-order valence-electron chi connectivity index (χ0n) is 20.2. The molecule has 35 heavy (non-hydrogen) atoms. The second kappa shape index (κ2) is 10.7. The van der Waals surface area contributed by atoms with Crippen molar-refractivity contribution in [2.45, 2.75) is 57.1 Å². The third-order valence-corrected chi connectivity index (χ3v) is 7.37. The summed E-state index contributed by atoms with van der Waals surface area (Å²) in [5.74, 6) is 1.20. The molecule has 1 aliphatic rings. The van der Waals surface area contributed by atoms with Gasteiger partial charge in [0.15, 0.2) is 11.0 Å². The van der Waals surface area contributed by atoms with Crippen LogP contribution in [0.1, 0.15) is 32.3 Å². The Morgan fingerprint density at radius 2 is 1.97 bits per heavy atom. The number of hydrogen-bond acceptors (Lipinski definition) is 5. The molecule has 2 aromatic carbocycles. The van der Waals surface area contributed by atoms with Crippen molar-refractivity contribution in [3.8, 4) is 11.4 Å². The number of aromatic nitrogens is 4. The Bertz CT molecular complexity index is 1280. The molecule has 1 unspecified atom stereocenters. The molecule has 0 spiro atoms. The van der Waals surface area contributed by atoms with Crippen molar-refractivity contribution >= 4 is 28.6 Å². The van der Waals surface area contributed by atoms with E-state index in [1.165, 1.54) is 11.8 Å². The molecule has 1 fully saturated rings. The largest absolute Gasteiger partial charge is 0.376 e. The van der Waals surface area contributed by atoms with Gasteiger partial charge in [0.1, 0.15) is 0 Å². The first kappa shape index (κ1) is 23.6. The molecule has 7 nitrogen and oxygen atoms in total. The lowest BCUT2D eigenvalue weighted by molar-refractivity contribution is -0.130. The maximum atomic E-state index is 13.2.